The highest BCUT2D eigenvalue weighted by atomic mass is 16.7. The molecule has 24 heavy (non-hydrogen) atoms. The lowest BCUT2D eigenvalue weighted by Gasteiger charge is -2.15. The van der Waals surface area contributed by atoms with E-state index in [4.69, 9.17) is 18.9 Å². The molecule has 126 valence electrons. The van der Waals surface area contributed by atoms with Crippen LogP contribution >= 0.6 is 0 Å². The normalized spacial score (nSPS) is 13.2. The molecule has 3 rings (SSSR count). The predicted molar refractivity (Wildman–Crippen MR) is 87.5 cm³/mol. The van der Waals surface area contributed by atoms with Crippen molar-refractivity contribution in [1.29, 1.82) is 0 Å². The van der Waals surface area contributed by atoms with E-state index in [1.807, 2.05) is 18.2 Å². The lowest BCUT2D eigenvalue weighted by molar-refractivity contribution is -0.127. The fraction of sp³-hybridized carbons (Fsp3) is 0.278. The van der Waals surface area contributed by atoms with Crippen LogP contribution in [0.15, 0.2) is 42.5 Å². The average Bonchev–Trinajstić information content (AvgIpc) is 3.08. The van der Waals surface area contributed by atoms with Crippen LogP contribution in [0.2, 0.25) is 0 Å². The molecule has 1 aliphatic heterocycles. The Morgan fingerprint density at radius 1 is 1.12 bits per heavy atom. The average molecular weight is 329 g/mol. The first-order valence-electron chi connectivity index (χ1n) is 7.62. The van der Waals surface area contributed by atoms with Crippen LogP contribution in [-0.4, -0.2) is 25.9 Å². The number of hydrogen-bond acceptors (Lipinski definition) is 5. The molecular weight excluding hydrogens is 310 g/mol. The van der Waals surface area contributed by atoms with Gasteiger partial charge in [0, 0.05) is 6.54 Å². The maximum atomic E-state index is 12.2. The molecule has 0 saturated heterocycles. The van der Waals surface area contributed by atoms with Crippen molar-refractivity contribution < 1.29 is 23.7 Å². The van der Waals surface area contributed by atoms with Crippen molar-refractivity contribution in [1.82, 2.24) is 5.32 Å². The summed E-state index contributed by atoms with van der Waals surface area (Å²) in [5.74, 6) is 2.58. The molecule has 1 N–H and O–H groups in total. The molecule has 0 aromatic heterocycles. The molecule has 0 radical (unpaired) electrons. The number of carbonyl (C=O) groups excluding carboxylic acids is 1. The molecule has 1 aliphatic rings. The van der Waals surface area contributed by atoms with Gasteiger partial charge in [-0.3, -0.25) is 4.79 Å². The molecule has 2 aromatic carbocycles. The fourth-order valence-electron chi connectivity index (χ4n) is 2.30. The van der Waals surface area contributed by atoms with E-state index in [1.54, 1.807) is 38.3 Å². The van der Waals surface area contributed by atoms with Gasteiger partial charge in [0.15, 0.2) is 17.6 Å². The minimum Gasteiger partial charge on any atom is -0.497 e. The zero-order valence-corrected chi connectivity index (χ0v) is 13.6. The predicted octanol–water partition coefficient (Wildman–Crippen LogP) is 2.51. The Labute approximate surface area is 140 Å². The smallest absolute Gasteiger partial charge is 0.261 e. The highest BCUT2D eigenvalue weighted by Crippen LogP contribution is 2.32. The summed E-state index contributed by atoms with van der Waals surface area (Å²) in [5, 5.41) is 2.85. The fourth-order valence-corrected chi connectivity index (χ4v) is 2.30. The van der Waals surface area contributed by atoms with Crippen molar-refractivity contribution in [2.75, 3.05) is 13.9 Å². The number of amides is 1. The van der Waals surface area contributed by atoms with E-state index in [1.165, 1.54) is 0 Å². The van der Waals surface area contributed by atoms with E-state index in [0.29, 0.717) is 18.0 Å². The molecule has 1 atom stereocenters. The second-order valence-corrected chi connectivity index (χ2v) is 5.34. The molecule has 0 saturated carbocycles. The quantitative estimate of drug-likeness (QED) is 0.882. The third-order valence-electron chi connectivity index (χ3n) is 3.65. The maximum absolute atomic E-state index is 12.2. The molecule has 1 heterocycles. The first-order valence-corrected chi connectivity index (χ1v) is 7.62. The van der Waals surface area contributed by atoms with Gasteiger partial charge in [0.05, 0.1) is 7.11 Å². The van der Waals surface area contributed by atoms with Crippen molar-refractivity contribution >= 4 is 5.91 Å². The summed E-state index contributed by atoms with van der Waals surface area (Å²) in [7, 11) is 1.60. The Bertz CT molecular complexity index is 714. The first kappa shape index (κ1) is 16.0. The van der Waals surface area contributed by atoms with Crippen LogP contribution in [0.3, 0.4) is 0 Å². The number of nitrogens with one attached hydrogen (secondary N) is 1. The Morgan fingerprint density at radius 2 is 1.83 bits per heavy atom. The number of carbonyl (C=O) groups is 1. The van der Waals surface area contributed by atoms with E-state index in [0.717, 1.165) is 17.1 Å². The largest absolute Gasteiger partial charge is 0.497 e. The number of benzene rings is 2. The van der Waals surface area contributed by atoms with E-state index in [2.05, 4.69) is 5.32 Å². The van der Waals surface area contributed by atoms with Crippen molar-refractivity contribution in [2.24, 2.45) is 0 Å². The van der Waals surface area contributed by atoms with Gasteiger partial charge in [-0.2, -0.15) is 0 Å². The summed E-state index contributed by atoms with van der Waals surface area (Å²) in [6.07, 6.45) is -0.604. The number of hydrogen-bond donors (Lipinski definition) is 1. The Hall–Kier alpha value is -2.89. The van der Waals surface area contributed by atoms with Crippen molar-refractivity contribution in [3.05, 3.63) is 48.0 Å². The van der Waals surface area contributed by atoms with E-state index in [9.17, 15) is 4.79 Å². The third-order valence-corrected chi connectivity index (χ3v) is 3.65. The molecule has 0 aliphatic carbocycles. The minimum absolute atomic E-state index is 0.191. The molecule has 0 spiro atoms. The highest BCUT2D eigenvalue weighted by Gasteiger charge is 2.16. The lowest BCUT2D eigenvalue weighted by atomic mass is 10.2. The van der Waals surface area contributed by atoms with Crippen LogP contribution in [0.5, 0.6) is 23.0 Å². The molecule has 6 heteroatoms. The second-order valence-electron chi connectivity index (χ2n) is 5.34. The van der Waals surface area contributed by atoms with E-state index >= 15 is 0 Å². The Kier molecular flexibility index (Phi) is 4.74. The second kappa shape index (κ2) is 7.12. The monoisotopic (exact) mass is 329 g/mol. The molecule has 0 bridgehead atoms. The van der Waals surface area contributed by atoms with Gasteiger partial charge < -0.3 is 24.3 Å². The van der Waals surface area contributed by atoms with Crippen LogP contribution in [0, 0.1) is 0 Å². The van der Waals surface area contributed by atoms with Crippen LogP contribution in [0.4, 0.5) is 0 Å². The summed E-state index contributed by atoms with van der Waals surface area (Å²) in [5.41, 5.74) is 0.934. The number of methoxy groups -OCH3 is 1. The number of fused-ring (bicyclic) bond motifs is 1. The Morgan fingerprint density at radius 3 is 2.58 bits per heavy atom. The van der Waals surface area contributed by atoms with Crippen LogP contribution in [0.1, 0.15) is 12.5 Å². The summed E-state index contributed by atoms with van der Waals surface area (Å²) in [6.45, 7) is 2.34. The minimum atomic E-state index is -0.604. The molecule has 0 fully saturated rings. The van der Waals surface area contributed by atoms with Crippen LogP contribution in [-0.2, 0) is 11.3 Å². The van der Waals surface area contributed by atoms with Crippen LogP contribution < -0.4 is 24.3 Å². The SMILES string of the molecule is COc1ccc(OC(C)C(=O)NCc2ccc3c(c2)OCO3)cc1. The standard InChI is InChI=1S/C18H19NO5/c1-12(24-15-6-4-14(21-2)5-7-15)18(20)19-10-13-3-8-16-17(9-13)23-11-22-16/h3-9,12H,10-11H2,1-2H3,(H,19,20). The lowest BCUT2D eigenvalue weighted by Crippen LogP contribution is -2.35. The maximum Gasteiger partial charge on any atom is 0.261 e. The van der Waals surface area contributed by atoms with E-state index < -0.39 is 6.10 Å². The summed E-state index contributed by atoms with van der Waals surface area (Å²) < 4.78 is 21.3. The summed E-state index contributed by atoms with van der Waals surface area (Å²) >= 11 is 0. The van der Waals surface area contributed by atoms with E-state index in [-0.39, 0.29) is 12.7 Å². The Balaban J connectivity index is 1.52. The molecule has 1 unspecified atom stereocenters. The van der Waals surface area contributed by atoms with Crippen molar-refractivity contribution in [3.8, 4) is 23.0 Å². The van der Waals surface area contributed by atoms with Gasteiger partial charge in [0.25, 0.3) is 5.91 Å². The van der Waals surface area contributed by atoms with Gasteiger partial charge in [-0.25, -0.2) is 0 Å². The highest BCUT2D eigenvalue weighted by molar-refractivity contribution is 5.80. The van der Waals surface area contributed by atoms with Gasteiger partial charge >= 0.3 is 0 Å². The first-order chi connectivity index (χ1) is 11.7. The van der Waals surface area contributed by atoms with Gasteiger partial charge in [-0.1, -0.05) is 6.07 Å². The topological polar surface area (TPSA) is 66.0 Å². The number of rotatable bonds is 6. The summed E-state index contributed by atoms with van der Waals surface area (Å²) in [6, 6.07) is 12.7. The zero-order chi connectivity index (χ0) is 16.9. The van der Waals surface area contributed by atoms with Crippen LogP contribution in [0.25, 0.3) is 0 Å². The van der Waals surface area contributed by atoms with Gasteiger partial charge in [-0.05, 0) is 48.9 Å². The molecular formula is C18H19NO5. The summed E-state index contributed by atoms with van der Waals surface area (Å²) in [4.78, 5) is 12.2. The van der Waals surface area contributed by atoms with Gasteiger partial charge in [0.1, 0.15) is 11.5 Å². The van der Waals surface area contributed by atoms with Gasteiger partial charge in [-0.15, -0.1) is 0 Å². The van der Waals surface area contributed by atoms with Crippen molar-refractivity contribution in [2.45, 2.75) is 19.6 Å². The number of ether oxygens (including phenoxy) is 4. The third kappa shape index (κ3) is 3.71. The van der Waals surface area contributed by atoms with Gasteiger partial charge in [0.2, 0.25) is 6.79 Å². The molecule has 2 aromatic rings. The zero-order valence-electron chi connectivity index (χ0n) is 13.6. The van der Waals surface area contributed by atoms with Crippen molar-refractivity contribution in [3.63, 3.8) is 0 Å². The molecule has 6 nitrogen and oxygen atoms in total. The molecule has 1 amide bonds.